The van der Waals surface area contributed by atoms with Gasteiger partial charge in [-0.3, -0.25) is 4.98 Å². The quantitative estimate of drug-likeness (QED) is 0.858. The van der Waals surface area contributed by atoms with Crippen LogP contribution in [0.25, 0.3) is 11.6 Å². The lowest BCUT2D eigenvalue weighted by Gasteiger charge is -2.23. The number of pyridine rings is 1. The van der Waals surface area contributed by atoms with Crippen molar-refractivity contribution in [2.75, 3.05) is 0 Å². The summed E-state index contributed by atoms with van der Waals surface area (Å²) in [6.45, 7) is 6.11. The van der Waals surface area contributed by atoms with Crippen LogP contribution in [0.15, 0.2) is 28.9 Å². The standard InChI is InChI=1S/C12H16N4O/c1-12(2,3)9(13)10-15-11(17-16-10)8-6-4-5-7-14-8/h4-7,9H,13H2,1-3H3. The van der Waals surface area contributed by atoms with Crippen LogP contribution in [0.1, 0.15) is 32.6 Å². The molecule has 1 unspecified atom stereocenters. The number of nitrogens with zero attached hydrogens (tertiary/aromatic N) is 3. The second-order valence-corrected chi connectivity index (χ2v) is 5.02. The second-order valence-electron chi connectivity index (χ2n) is 5.02. The SMILES string of the molecule is CC(C)(C)C(N)c1noc(-c2ccccn2)n1. The average molecular weight is 232 g/mol. The highest BCUT2D eigenvalue weighted by Gasteiger charge is 2.27. The summed E-state index contributed by atoms with van der Waals surface area (Å²) in [6, 6.07) is 5.26. The highest BCUT2D eigenvalue weighted by Crippen LogP contribution is 2.29. The molecule has 90 valence electrons. The zero-order valence-electron chi connectivity index (χ0n) is 10.2. The van der Waals surface area contributed by atoms with Gasteiger partial charge in [-0.1, -0.05) is 32.0 Å². The predicted octanol–water partition coefficient (Wildman–Crippen LogP) is 2.18. The summed E-state index contributed by atoms with van der Waals surface area (Å²) in [6.07, 6.45) is 1.68. The van der Waals surface area contributed by atoms with Crippen LogP contribution in [0.3, 0.4) is 0 Å². The van der Waals surface area contributed by atoms with Gasteiger partial charge >= 0.3 is 0 Å². The minimum atomic E-state index is -0.260. The molecule has 0 radical (unpaired) electrons. The fourth-order valence-corrected chi connectivity index (χ4v) is 1.34. The van der Waals surface area contributed by atoms with E-state index >= 15 is 0 Å². The molecule has 0 bridgehead atoms. The van der Waals surface area contributed by atoms with Gasteiger partial charge in [0, 0.05) is 6.20 Å². The van der Waals surface area contributed by atoms with Gasteiger partial charge in [0.2, 0.25) is 0 Å². The largest absolute Gasteiger partial charge is 0.332 e. The summed E-state index contributed by atoms with van der Waals surface area (Å²) in [7, 11) is 0. The molecule has 2 aromatic heterocycles. The molecule has 0 aliphatic rings. The summed E-state index contributed by atoms with van der Waals surface area (Å²) < 4.78 is 5.16. The lowest BCUT2D eigenvalue weighted by molar-refractivity contribution is 0.303. The van der Waals surface area contributed by atoms with Gasteiger partial charge in [0.15, 0.2) is 5.82 Å². The molecule has 2 heterocycles. The summed E-state index contributed by atoms with van der Waals surface area (Å²) >= 11 is 0. The van der Waals surface area contributed by atoms with Gasteiger partial charge in [-0.2, -0.15) is 4.98 Å². The van der Waals surface area contributed by atoms with Gasteiger partial charge in [0.25, 0.3) is 5.89 Å². The predicted molar refractivity (Wildman–Crippen MR) is 63.9 cm³/mol. The molecule has 0 aliphatic carbocycles. The van der Waals surface area contributed by atoms with Crippen molar-refractivity contribution >= 4 is 0 Å². The Morgan fingerprint density at radius 3 is 2.65 bits per heavy atom. The van der Waals surface area contributed by atoms with Crippen LogP contribution < -0.4 is 5.73 Å². The highest BCUT2D eigenvalue weighted by molar-refractivity contribution is 5.45. The maximum Gasteiger partial charge on any atom is 0.276 e. The first kappa shape index (κ1) is 11.7. The van der Waals surface area contributed by atoms with Crippen LogP contribution >= 0.6 is 0 Å². The van der Waals surface area contributed by atoms with E-state index in [0.717, 1.165) is 0 Å². The van der Waals surface area contributed by atoms with Crippen molar-refractivity contribution in [1.82, 2.24) is 15.1 Å². The van der Waals surface area contributed by atoms with Gasteiger partial charge in [0.1, 0.15) is 5.69 Å². The third-order valence-electron chi connectivity index (χ3n) is 2.54. The number of nitrogens with two attached hydrogens (primary N) is 1. The smallest absolute Gasteiger partial charge is 0.276 e. The Labute approximate surface area is 100 Å². The first-order valence-corrected chi connectivity index (χ1v) is 5.49. The molecule has 5 nitrogen and oxygen atoms in total. The third kappa shape index (κ3) is 2.50. The molecule has 2 aromatic rings. The Hall–Kier alpha value is -1.75. The lowest BCUT2D eigenvalue weighted by Crippen LogP contribution is -2.27. The van der Waals surface area contributed by atoms with E-state index in [9.17, 15) is 0 Å². The maximum atomic E-state index is 6.06. The third-order valence-corrected chi connectivity index (χ3v) is 2.54. The first-order valence-electron chi connectivity index (χ1n) is 5.49. The molecule has 2 N–H and O–H groups in total. The Morgan fingerprint density at radius 1 is 1.29 bits per heavy atom. The molecular formula is C12H16N4O. The van der Waals surface area contributed by atoms with Gasteiger partial charge < -0.3 is 10.3 Å². The van der Waals surface area contributed by atoms with Crippen LogP contribution in [0.4, 0.5) is 0 Å². The zero-order chi connectivity index (χ0) is 12.5. The molecule has 0 amide bonds. The van der Waals surface area contributed by atoms with Crippen molar-refractivity contribution in [3.05, 3.63) is 30.2 Å². The van der Waals surface area contributed by atoms with Crippen LogP contribution in [0, 0.1) is 5.41 Å². The first-order chi connectivity index (χ1) is 7.98. The summed E-state index contributed by atoms with van der Waals surface area (Å²) in [4.78, 5) is 8.43. The topological polar surface area (TPSA) is 77.8 Å². The van der Waals surface area contributed by atoms with E-state index in [-0.39, 0.29) is 11.5 Å². The zero-order valence-corrected chi connectivity index (χ0v) is 10.2. The molecular weight excluding hydrogens is 216 g/mol. The molecule has 5 heteroatoms. The molecule has 17 heavy (non-hydrogen) atoms. The van der Waals surface area contributed by atoms with Crippen molar-refractivity contribution < 1.29 is 4.52 Å². The Morgan fingerprint density at radius 2 is 2.06 bits per heavy atom. The van der Waals surface area contributed by atoms with E-state index in [2.05, 4.69) is 15.1 Å². The van der Waals surface area contributed by atoms with E-state index in [1.807, 2.05) is 39.0 Å². The molecule has 0 spiro atoms. The molecule has 0 fully saturated rings. The lowest BCUT2D eigenvalue weighted by atomic mass is 9.87. The summed E-state index contributed by atoms with van der Waals surface area (Å²) in [5, 5.41) is 3.91. The number of hydrogen-bond donors (Lipinski definition) is 1. The second kappa shape index (κ2) is 4.25. The normalized spacial score (nSPS) is 13.6. The van der Waals surface area contributed by atoms with E-state index in [1.54, 1.807) is 6.20 Å². The summed E-state index contributed by atoms with van der Waals surface area (Å²) in [5.74, 6) is 0.915. The fraction of sp³-hybridized carbons (Fsp3) is 0.417. The minimum absolute atomic E-state index is 0.106. The van der Waals surface area contributed by atoms with Crippen molar-refractivity contribution in [1.29, 1.82) is 0 Å². The van der Waals surface area contributed by atoms with Crippen molar-refractivity contribution in [3.8, 4) is 11.6 Å². The van der Waals surface area contributed by atoms with E-state index < -0.39 is 0 Å². The van der Waals surface area contributed by atoms with Crippen LogP contribution in [0.2, 0.25) is 0 Å². The molecule has 1 atom stereocenters. The number of hydrogen-bond acceptors (Lipinski definition) is 5. The van der Waals surface area contributed by atoms with Crippen molar-refractivity contribution in [2.45, 2.75) is 26.8 Å². The average Bonchev–Trinajstić information content (AvgIpc) is 2.77. The monoisotopic (exact) mass is 232 g/mol. The molecule has 2 rings (SSSR count). The number of aromatic nitrogens is 3. The van der Waals surface area contributed by atoms with Gasteiger partial charge in [-0.05, 0) is 17.5 Å². The van der Waals surface area contributed by atoms with E-state index in [0.29, 0.717) is 17.4 Å². The highest BCUT2D eigenvalue weighted by atomic mass is 16.5. The van der Waals surface area contributed by atoms with Crippen molar-refractivity contribution in [2.24, 2.45) is 11.1 Å². The molecule has 0 saturated carbocycles. The Balaban J connectivity index is 2.28. The maximum absolute atomic E-state index is 6.06. The van der Waals surface area contributed by atoms with Gasteiger partial charge in [0.05, 0.1) is 6.04 Å². The van der Waals surface area contributed by atoms with E-state index in [1.165, 1.54) is 0 Å². The van der Waals surface area contributed by atoms with Crippen LogP contribution in [-0.4, -0.2) is 15.1 Å². The van der Waals surface area contributed by atoms with Gasteiger partial charge in [-0.25, -0.2) is 0 Å². The van der Waals surface area contributed by atoms with Gasteiger partial charge in [-0.15, -0.1) is 0 Å². The Kier molecular flexibility index (Phi) is 2.93. The van der Waals surface area contributed by atoms with Crippen LogP contribution in [0.5, 0.6) is 0 Å². The molecule has 0 saturated heterocycles. The molecule has 0 aromatic carbocycles. The fourth-order valence-electron chi connectivity index (χ4n) is 1.34. The molecule has 0 aliphatic heterocycles. The van der Waals surface area contributed by atoms with Crippen LogP contribution in [-0.2, 0) is 0 Å². The Bertz CT molecular complexity index is 487. The van der Waals surface area contributed by atoms with Crippen molar-refractivity contribution in [3.63, 3.8) is 0 Å². The summed E-state index contributed by atoms with van der Waals surface area (Å²) in [5.41, 5.74) is 6.61. The number of rotatable bonds is 2. The van der Waals surface area contributed by atoms with E-state index in [4.69, 9.17) is 10.3 Å². The minimum Gasteiger partial charge on any atom is -0.332 e.